The number of morpholine rings is 1. The molecule has 0 aromatic heterocycles. The summed E-state index contributed by atoms with van der Waals surface area (Å²) >= 11 is 0. The van der Waals surface area contributed by atoms with Crippen LogP contribution in [0.3, 0.4) is 0 Å². The number of para-hydroxylation sites is 2. The average molecular weight is 276 g/mol. The van der Waals surface area contributed by atoms with Gasteiger partial charge in [-0.05, 0) is 31.4 Å². The molecule has 20 heavy (non-hydrogen) atoms. The monoisotopic (exact) mass is 276 g/mol. The zero-order valence-corrected chi connectivity index (χ0v) is 12.0. The van der Waals surface area contributed by atoms with Crippen molar-refractivity contribution in [2.45, 2.75) is 25.3 Å². The second kappa shape index (κ2) is 6.95. The fraction of sp³-hybridized carbons (Fsp3) is 0.625. The minimum absolute atomic E-state index is 0.527. The molecule has 2 saturated heterocycles. The first-order valence-corrected chi connectivity index (χ1v) is 7.69. The van der Waals surface area contributed by atoms with E-state index in [1.807, 2.05) is 0 Å². The van der Waals surface area contributed by atoms with Crippen molar-refractivity contribution >= 4 is 11.4 Å². The predicted octanol–water partition coefficient (Wildman–Crippen LogP) is 2.50. The Bertz CT molecular complexity index is 411. The van der Waals surface area contributed by atoms with Crippen LogP contribution in [0.2, 0.25) is 0 Å². The van der Waals surface area contributed by atoms with E-state index in [0.29, 0.717) is 6.04 Å². The van der Waals surface area contributed by atoms with Gasteiger partial charge in [0.05, 0.1) is 24.6 Å². The smallest absolute Gasteiger partial charge is 0.0642 e. The minimum Gasteiger partial charge on any atom is -0.381 e. The zero-order chi connectivity index (χ0) is 13.6. The van der Waals surface area contributed by atoms with Crippen LogP contribution >= 0.6 is 0 Å². The lowest BCUT2D eigenvalue weighted by molar-refractivity contribution is 0.123. The van der Waals surface area contributed by atoms with Crippen molar-refractivity contribution in [1.82, 2.24) is 0 Å². The van der Waals surface area contributed by atoms with Crippen molar-refractivity contribution in [2.24, 2.45) is 0 Å². The van der Waals surface area contributed by atoms with Crippen LogP contribution in [-0.4, -0.2) is 45.6 Å². The third-order valence-corrected chi connectivity index (χ3v) is 4.07. The normalized spacial score (nSPS) is 24.2. The summed E-state index contributed by atoms with van der Waals surface area (Å²) in [6.07, 6.45) is 3.44. The number of benzene rings is 1. The van der Waals surface area contributed by atoms with Gasteiger partial charge in [0.2, 0.25) is 0 Å². The van der Waals surface area contributed by atoms with Gasteiger partial charge >= 0.3 is 0 Å². The highest BCUT2D eigenvalue weighted by Gasteiger charge is 2.17. The molecule has 110 valence electrons. The van der Waals surface area contributed by atoms with E-state index in [1.165, 1.54) is 17.8 Å². The van der Waals surface area contributed by atoms with E-state index in [4.69, 9.17) is 9.47 Å². The van der Waals surface area contributed by atoms with Crippen molar-refractivity contribution in [3.8, 4) is 0 Å². The highest BCUT2D eigenvalue weighted by atomic mass is 16.5. The lowest BCUT2D eigenvalue weighted by Gasteiger charge is -2.31. The van der Waals surface area contributed by atoms with Gasteiger partial charge in [0, 0.05) is 32.3 Å². The van der Waals surface area contributed by atoms with Gasteiger partial charge < -0.3 is 19.7 Å². The highest BCUT2D eigenvalue weighted by Crippen LogP contribution is 2.28. The third-order valence-electron chi connectivity index (χ3n) is 4.07. The van der Waals surface area contributed by atoms with Crippen molar-refractivity contribution in [3.05, 3.63) is 24.3 Å². The summed E-state index contributed by atoms with van der Waals surface area (Å²) in [6.45, 7) is 5.39. The van der Waals surface area contributed by atoms with Crippen LogP contribution in [0.15, 0.2) is 24.3 Å². The first kappa shape index (κ1) is 13.7. The molecule has 4 heteroatoms. The number of hydrogen-bond donors (Lipinski definition) is 1. The number of ether oxygens (including phenoxy) is 2. The second-order valence-corrected chi connectivity index (χ2v) is 5.50. The largest absolute Gasteiger partial charge is 0.381 e. The van der Waals surface area contributed by atoms with Gasteiger partial charge in [-0.15, -0.1) is 0 Å². The Kier molecular flexibility index (Phi) is 4.77. The fourth-order valence-electron chi connectivity index (χ4n) is 2.94. The fourth-order valence-corrected chi connectivity index (χ4v) is 2.94. The lowest BCUT2D eigenvalue weighted by atomic mass is 10.1. The quantitative estimate of drug-likeness (QED) is 0.919. The second-order valence-electron chi connectivity index (χ2n) is 5.50. The molecule has 1 atom stereocenters. The van der Waals surface area contributed by atoms with Gasteiger partial charge in [0.1, 0.15) is 0 Å². The molecule has 0 spiro atoms. The Morgan fingerprint density at radius 3 is 2.65 bits per heavy atom. The third kappa shape index (κ3) is 3.44. The number of rotatable bonds is 3. The molecular weight excluding hydrogens is 252 g/mol. The predicted molar refractivity (Wildman–Crippen MR) is 81.6 cm³/mol. The van der Waals surface area contributed by atoms with Crippen LogP contribution < -0.4 is 10.2 Å². The Labute approximate surface area is 121 Å². The number of nitrogens with one attached hydrogen (secondary N) is 1. The summed E-state index contributed by atoms with van der Waals surface area (Å²) in [5, 5.41) is 3.72. The van der Waals surface area contributed by atoms with Crippen molar-refractivity contribution in [3.63, 3.8) is 0 Å². The van der Waals surface area contributed by atoms with E-state index >= 15 is 0 Å². The van der Waals surface area contributed by atoms with Crippen LogP contribution in [-0.2, 0) is 9.47 Å². The molecule has 1 unspecified atom stereocenters. The van der Waals surface area contributed by atoms with E-state index in [2.05, 4.69) is 34.5 Å². The molecule has 2 aliphatic heterocycles. The van der Waals surface area contributed by atoms with E-state index < -0.39 is 0 Å². The molecule has 0 aliphatic carbocycles. The Morgan fingerprint density at radius 2 is 1.75 bits per heavy atom. The Hall–Kier alpha value is -1.26. The number of hydrogen-bond acceptors (Lipinski definition) is 4. The maximum absolute atomic E-state index is 5.54. The first-order chi connectivity index (χ1) is 9.93. The van der Waals surface area contributed by atoms with Crippen LogP contribution in [0.1, 0.15) is 19.3 Å². The summed E-state index contributed by atoms with van der Waals surface area (Å²) in [5.74, 6) is 0. The van der Waals surface area contributed by atoms with Crippen LogP contribution in [0.25, 0.3) is 0 Å². The number of nitrogens with zero attached hydrogens (tertiary/aromatic N) is 1. The van der Waals surface area contributed by atoms with Crippen LogP contribution in [0, 0.1) is 0 Å². The molecule has 2 aliphatic rings. The average Bonchev–Trinajstić information content (AvgIpc) is 2.77. The zero-order valence-electron chi connectivity index (χ0n) is 12.0. The van der Waals surface area contributed by atoms with Crippen LogP contribution in [0.4, 0.5) is 11.4 Å². The van der Waals surface area contributed by atoms with E-state index in [-0.39, 0.29) is 0 Å². The van der Waals surface area contributed by atoms with Gasteiger partial charge in [-0.2, -0.15) is 0 Å². The molecule has 3 rings (SSSR count). The highest BCUT2D eigenvalue weighted by molar-refractivity contribution is 5.70. The lowest BCUT2D eigenvalue weighted by Crippen LogP contribution is -2.37. The molecule has 0 amide bonds. The van der Waals surface area contributed by atoms with E-state index in [0.717, 1.165) is 52.4 Å². The molecule has 1 aromatic carbocycles. The van der Waals surface area contributed by atoms with Gasteiger partial charge in [-0.1, -0.05) is 12.1 Å². The molecule has 4 nitrogen and oxygen atoms in total. The summed E-state index contributed by atoms with van der Waals surface area (Å²) in [4.78, 5) is 2.42. The summed E-state index contributed by atoms with van der Waals surface area (Å²) in [5.41, 5.74) is 2.56. The van der Waals surface area contributed by atoms with Gasteiger partial charge in [-0.25, -0.2) is 0 Å². The van der Waals surface area contributed by atoms with E-state index in [9.17, 15) is 0 Å². The maximum atomic E-state index is 5.54. The minimum atomic E-state index is 0.527. The molecular formula is C16H24N2O2. The van der Waals surface area contributed by atoms with Crippen molar-refractivity contribution in [2.75, 3.05) is 49.7 Å². The van der Waals surface area contributed by atoms with Gasteiger partial charge in [-0.3, -0.25) is 0 Å². The molecule has 1 N–H and O–H groups in total. The SMILES string of the molecule is c1ccc(N2CCOCC2)c(NC2CCCOCC2)c1. The molecule has 1 aromatic rings. The Morgan fingerprint density at radius 1 is 0.950 bits per heavy atom. The van der Waals surface area contributed by atoms with Crippen LogP contribution in [0.5, 0.6) is 0 Å². The number of anilines is 2. The first-order valence-electron chi connectivity index (χ1n) is 7.69. The van der Waals surface area contributed by atoms with Crippen molar-refractivity contribution < 1.29 is 9.47 Å². The van der Waals surface area contributed by atoms with E-state index in [1.54, 1.807) is 0 Å². The maximum Gasteiger partial charge on any atom is 0.0642 e. The topological polar surface area (TPSA) is 33.7 Å². The Balaban J connectivity index is 1.71. The molecule has 0 saturated carbocycles. The standard InChI is InChI=1S/C16H24N2O2/c1-2-6-16(18-8-12-20-13-9-18)15(5-1)17-14-4-3-10-19-11-7-14/h1-2,5-6,14,17H,3-4,7-13H2. The molecule has 2 fully saturated rings. The molecule has 0 radical (unpaired) electrons. The van der Waals surface area contributed by atoms with Crippen molar-refractivity contribution in [1.29, 1.82) is 0 Å². The summed E-state index contributed by atoms with van der Waals surface area (Å²) in [7, 11) is 0. The van der Waals surface area contributed by atoms with Gasteiger partial charge in [0.25, 0.3) is 0 Å². The molecule has 0 bridgehead atoms. The summed E-state index contributed by atoms with van der Waals surface area (Å²) in [6, 6.07) is 9.16. The van der Waals surface area contributed by atoms with Gasteiger partial charge in [0.15, 0.2) is 0 Å². The summed E-state index contributed by atoms with van der Waals surface area (Å²) < 4.78 is 11.0. The molecule has 2 heterocycles.